The molecule has 4 aromatic rings. The van der Waals surface area contributed by atoms with Gasteiger partial charge in [-0.05, 0) is 48.0 Å². The number of ether oxygens (including phenoxy) is 2. The number of fused-ring (bicyclic) bond motifs is 1. The molecule has 0 aliphatic heterocycles. The zero-order valence-electron chi connectivity index (χ0n) is 17.1. The standard InChI is InChI=1S/C24H17Cl2NO4S/c1-30-18-10-8-14(12-19(18)31-2)23(29)27-24-21(13-7-9-16(25)17(26)11-13)22(28)15-5-3-4-6-20(15)32-24/h3-12H,1-2H3,(H,27,29). The molecule has 3 aromatic carbocycles. The van der Waals surface area contributed by atoms with E-state index in [1.807, 2.05) is 12.1 Å². The van der Waals surface area contributed by atoms with Crippen LogP contribution in [0.4, 0.5) is 5.00 Å². The first-order chi connectivity index (χ1) is 15.4. The van der Waals surface area contributed by atoms with Gasteiger partial charge in [0.15, 0.2) is 16.9 Å². The molecule has 0 aliphatic rings. The Hall–Kier alpha value is -3.06. The Bertz CT molecular complexity index is 1400. The number of nitrogens with one attached hydrogen (secondary N) is 1. The summed E-state index contributed by atoms with van der Waals surface area (Å²) in [7, 11) is 3.02. The van der Waals surface area contributed by atoms with Crippen molar-refractivity contribution in [3.05, 3.63) is 86.5 Å². The van der Waals surface area contributed by atoms with Crippen molar-refractivity contribution in [1.29, 1.82) is 0 Å². The lowest BCUT2D eigenvalue weighted by atomic mass is 10.1. The molecular formula is C24H17Cl2NO4S. The second-order valence-corrected chi connectivity index (χ2v) is 8.65. The largest absolute Gasteiger partial charge is 0.493 e. The molecule has 1 N–H and O–H groups in total. The molecule has 5 nitrogen and oxygen atoms in total. The summed E-state index contributed by atoms with van der Waals surface area (Å²) in [6.45, 7) is 0. The van der Waals surface area contributed by atoms with Crippen molar-refractivity contribution < 1.29 is 14.3 Å². The molecule has 1 heterocycles. The number of carbonyl (C=O) groups is 1. The summed E-state index contributed by atoms with van der Waals surface area (Å²) in [4.78, 5) is 26.5. The van der Waals surface area contributed by atoms with E-state index in [1.54, 1.807) is 48.5 Å². The first kappa shape index (κ1) is 22.1. The zero-order valence-corrected chi connectivity index (χ0v) is 19.4. The third-order valence-electron chi connectivity index (χ3n) is 4.88. The van der Waals surface area contributed by atoms with Crippen LogP contribution in [0.5, 0.6) is 11.5 Å². The van der Waals surface area contributed by atoms with Crippen LogP contribution in [0.3, 0.4) is 0 Å². The molecular weight excluding hydrogens is 469 g/mol. The van der Waals surface area contributed by atoms with Crippen LogP contribution in [0.1, 0.15) is 10.4 Å². The molecule has 4 rings (SSSR count). The van der Waals surface area contributed by atoms with Crippen LogP contribution >= 0.6 is 34.5 Å². The van der Waals surface area contributed by atoms with E-state index >= 15 is 0 Å². The van der Waals surface area contributed by atoms with Crippen LogP contribution in [-0.4, -0.2) is 20.1 Å². The number of halogens is 2. The minimum absolute atomic E-state index is 0.208. The van der Waals surface area contributed by atoms with Crippen molar-refractivity contribution in [3.8, 4) is 22.6 Å². The van der Waals surface area contributed by atoms with Gasteiger partial charge in [-0.2, -0.15) is 0 Å². The predicted molar refractivity (Wildman–Crippen MR) is 131 cm³/mol. The van der Waals surface area contributed by atoms with Gasteiger partial charge in [0.25, 0.3) is 5.91 Å². The highest BCUT2D eigenvalue weighted by Gasteiger charge is 2.19. The van der Waals surface area contributed by atoms with Crippen molar-refractivity contribution in [2.24, 2.45) is 0 Å². The average molecular weight is 486 g/mol. The average Bonchev–Trinajstić information content (AvgIpc) is 2.80. The summed E-state index contributed by atoms with van der Waals surface area (Å²) in [5.41, 5.74) is 1.06. The van der Waals surface area contributed by atoms with E-state index in [-0.39, 0.29) is 5.43 Å². The fourth-order valence-corrected chi connectivity index (χ4v) is 4.69. The quantitative estimate of drug-likeness (QED) is 0.350. The number of amides is 1. The number of carbonyl (C=O) groups excluding carboxylic acids is 1. The van der Waals surface area contributed by atoms with Gasteiger partial charge in [0.05, 0.1) is 29.8 Å². The lowest BCUT2D eigenvalue weighted by molar-refractivity contribution is 0.102. The minimum Gasteiger partial charge on any atom is -0.493 e. The molecule has 1 amide bonds. The van der Waals surface area contributed by atoms with Crippen molar-refractivity contribution in [3.63, 3.8) is 0 Å². The molecule has 8 heteroatoms. The first-order valence-corrected chi connectivity index (χ1v) is 11.0. The molecule has 1 aromatic heterocycles. The molecule has 162 valence electrons. The molecule has 32 heavy (non-hydrogen) atoms. The van der Waals surface area contributed by atoms with Gasteiger partial charge in [-0.25, -0.2) is 0 Å². The summed E-state index contributed by atoms with van der Waals surface area (Å²) in [6.07, 6.45) is 0. The van der Waals surface area contributed by atoms with Crippen molar-refractivity contribution in [2.45, 2.75) is 0 Å². The van der Waals surface area contributed by atoms with Gasteiger partial charge in [0, 0.05) is 15.6 Å². The summed E-state index contributed by atoms with van der Waals surface area (Å²) >= 11 is 13.6. The van der Waals surface area contributed by atoms with E-state index in [0.717, 1.165) is 4.70 Å². The third-order valence-corrected chi connectivity index (χ3v) is 6.70. The molecule has 0 unspecified atom stereocenters. The summed E-state index contributed by atoms with van der Waals surface area (Å²) in [6, 6.07) is 17.0. The number of anilines is 1. The van der Waals surface area contributed by atoms with E-state index in [2.05, 4.69) is 5.32 Å². The van der Waals surface area contributed by atoms with Crippen LogP contribution < -0.4 is 20.2 Å². The monoisotopic (exact) mass is 485 g/mol. The highest BCUT2D eigenvalue weighted by molar-refractivity contribution is 7.22. The fraction of sp³-hybridized carbons (Fsp3) is 0.0833. The Labute approximate surface area is 198 Å². The number of rotatable bonds is 5. The second kappa shape index (κ2) is 9.20. The van der Waals surface area contributed by atoms with Crippen LogP contribution in [0, 0.1) is 0 Å². The Balaban J connectivity index is 1.85. The predicted octanol–water partition coefficient (Wildman–Crippen LogP) is 6.50. The maximum absolute atomic E-state index is 13.4. The molecule has 0 atom stereocenters. The Kier molecular flexibility index (Phi) is 6.37. The summed E-state index contributed by atoms with van der Waals surface area (Å²) < 4.78 is 11.3. The number of methoxy groups -OCH3 is 2. The van der Waals surface area contributed by atoms with Gasteiger partial charge in [-0.15, -0.1) is 11.3 Å². The highest BCUT2D eigenvalue weighted by Crippen LogP contribution is 2.36. The van der Waals surface area contributed by atoms with Crippen LogP contribution in [0.15, 0.2) is 65.5 Å². The lowest BCUT2D eigenvalue weighted by Crippen LogP contribution is -2.15. The van der Waals surface area contributed by atoms with E-state index in [9.17, 15) is 9.59 Å². The van der Waals surface area contributed by atoms with Gasteiger partial charge < -0.3 is 14.8 Å². The van der Waals surface area contributed by atoms with E-state index in [1.165, 1.54) is 25.6 Å². The number of hydrogen-bond donors (Lipinski definition) is 1. The van der Waals surface area contributed by atoms with Gasteiger partial charge >= 0.3 is 0 Å². The Morgan fingerprint density at radius 2 is 1.66 bits per heavy atom. The van der Waals surface area contributed by atoms with Crippen molar-refractivity contribution in [1.82, 2.24) is 0 Å². The molecule has 0 aliphatic carbocycles. The fourth-order valence-electron chi connectivity index (χ4n) is 3.30. The third kappa shape index (κ3) is 4.17. The molecule has 0 bridgehead atoms. The summed E-state index contributed by atoms with van der Waals surface area (Å²) in [5.74, 6) is 0.547. The minimum atomic E-state index is -0.391. The molecule has 0 saturated carbocycles. The van der Waals surface area contributed by atoms with E-state index < -0.39 is 5.91 Å². The van der Waals surface area contributed by atoms with Crippen LogP contribution in [-0.2, 0) is 0 Å². The van der Waals surface area contributed by atoms with Gasteiger partial charge in [0.2, 0.25) is 0 Å². The molecule has 0 saturated heterocycles. The summed E-state index contributed by atoms with van der Waals surface area (Å²) in [5, 5.41) is 4.55. The lowest BCUT2D eigenvalue weighted by Gasteiger charge is -2.13. The SMILES string of the molecule is COc1ccc(C(=O)Nc2sc3ccccc3c(=O)c2-c2ccc(Cl)c(Cl)c2)cc1OC. The highest BCUT2D eigenvalue weighted by atomic mass is 35.5. The van der Waals surface area contributed by atoms with E-state index in [0.29, 0.717) is 48.6 Å². The molecule has 0 spiro atoms. The number of hydrogen-bond acceptors (Lipinski definition) is 5. The van der Waals surface area contributed by atoms with Gasteiger partial charge in [-0.3, -0.25) is 9.59 Å². The second-order valence-electron chi connectivity index (χ2n) is 6.78. The van der Waals surface area contributed by atoms with Gasteiger partial charge in [-0.1, -0.05) is 41.4 Å². The zero-order chi connectivity index (χ0) is 22.8. The number of benzene rings is 3. The van der Waals surface area contributed by atoms with Crippen LogP contribution in [0.2, 0.25) is 10.0 Å². The Morgan fingerprint density at radius 1 is 0.906 bits per heavy atom. The van der Waals surface area contributed by atoms with Crippen molar-refractivity contribution >= 4 is 55.5 Å². The van der Waals surface area contributed by atoms with Gasteiger partial charge in [0.1, 0.15) is 5.00 Å². The first-order valence-electron chi connectivity index (χ1n) is 9.47. The van der Waals surface area contributed by atoms with E-state index in [4.69, 9.17) is 32.7 Å². The van der Waals surface area contributed by atoms with Crippen LogP contribution in [0.25, 0.3) is 21.2 Å². The smallest absolute Gasteiger partial charge is 0.256 e. The maximum Gasteiger partial charge on any atom is 0.256 e. The van der Waals surface area contributed by atoms with Crippen molar-refractivity contribution in [2.75, 3.05) is 19.5 Å². The molecule has 0 radical (unpaired) electrons. The molecule has 0 fully saturated rings. The Morgan fingerprint density at radius 3 is 2.38 bits per heavy atom. The normalized spacial score (nSPS) is 10.8. The maximum atomic E-state index is 13.4. The topological polar surface area (TPSA) is 64.6 Å².